The number of hydrogen-bond donors (Lipinski definition) is 0. The van der Waals surface area contributed by atoms with Crippen molar-refractivity contribution in [3.63, 3.8) is 0 Å². The van der Waals surface area contributed by atoms with Crippen molar-refractivity contribution in [3.8, 4) is 0 Å². The van der Waals surface area contributed by atoms with E-state index in [4.69, 9.17) is 4.52 Å². The van der Waals surface area contributed by atoms with Crippen molar-refractivity contribution in [1.82, 2.24) is 19.3 Å². The lowest BCUT2D eigenvalue weighted by molar-refractivity contribution is -0.132. The highest BCUT2D eigenvalue weighted by atomic mass is 32.2. The summed E-state index contributed by atoms with van der Waals surface area (Å²) in [5, 5.41) is 3.76. The Balaban J connectivity index is 1.83. The fourth-order valence-corrected chi connectivity index (χ4v) is 5.36. The van der Waals surface area contributed by atoms with Crippen LogP contribution in [0.1, 0.15) is 36.8 Å². The Bertz CT molecular complexity index is 891. The summed E-state index contributed by atoms with van der Waals surface area (Å²) < 4.78 is 32.7. The van der Waals surface area contributed by atoms with Gasteiger partial charge in [0.1, 0.15) is 10.6 Å². The predicted molar refractivity (Wildman–Crippen MR) is 98.2 cm³/mol. The second kappa shape index (κ2) is 7.77. The molecule has 2 aromatic heterocycles. The Kier molecular flexibility index (Phi) is 5.61. The number of aryl methyl sites for hydroxylation is 2. The Labute approximate surface area is 159 Å². The van der Waals surface area contributed by atoms with E-state index in [0.29, 0.717) is 25.2 Å². The smallest absolute Gasteiger partial charge is 0.248 e. The first-order valence-electron chi connectivity index (χ1n) is 8.90. The predicted octanol–water partition coefficient (Wildman–Crippen LogP) is 1.89. The molecule has 1 fully saturated rings. The van der Waals surface area contributed by atoms with Gasteiger partial charge in [0.2, 0.25) is 15.9 Å². The van der Waals surface area contributed by atoms with Crippen LogP contribution in [0.25, 0.3) is 0 Å². The molecule has 1 aliphatic rings. The van der Waals surface area contributed by atoms with Crippen LogP contribution in [0.2, 0.25) is 0 Å². The molecule has 0 aliphatic carbocycles. The highest BCUT2D eigenvalue weighted by molar-refractivity contribution is 7.89. The molecule has 0 bridgehead atoms. The first kappa shape index (κ1) is 19.5. The molecule has 8 nitrogen and oxygen atoms in total. The van der Waals surface area contributed by atoms with Gasteiger partial charge < -0.3 is 9.42 Å². The summed E-state index contributed by atoms with van der Waals surface area (Å²) in [5.41, 5.74) is 1.27. The second-order valence-electron chi connectivity index (χ2n) is 6.82. The number of pyridine rings is 1. The quantitative estimate of drug-likeness (QED) is 0.771. The molecule has 1 unspecified atom stereocenters. The van der Waals surface area contributed by atoms with E-state index >= 15 is 0 Å². The van der Waals surface area contributed by atoms with Crippen molar-refractivity contribution in [1.29, 1.82) is 0 Å². The zero-order chi connectivity index (χ0) is 19.6. The molecule has 1 amide bonds. The third-order valence-corrected chi connectivity index (χ3v) is 6.96. The Morgan fingerprint density at radius 3 is 2.78 bits per heavy atom. The summed E-state index contributed by atoms with van der Waals surface area (Å²) in [6.07, 6.45) is 4.84. The molecule has 27 heavy (non-hydrogen) atoms. The molecule has 0 radical (unpaired) electrons. The summed E-state index contributed by atoms with van der Waals surface area (Å²) in [7, 11) is -3.72. The third kappa shape index (κ3) is 4.03. The average molecular weight is 392 g/mol. The Morgan fingerprint density at radius 1 is 1.41 bits per heavy atom. The van der Waals surface area contributed by atoms with Crippen LogP contribution in [0.4, 0.5) is 0 Å². The largest absolute Gasteiger partial charge is 0.360 e. The number of rotatable bonds is 5. The van der Waals surface area contributed by atoms with Gasteiger partial charge in [0.15, 0.2) is 5.76 Å². The van der Waals surface area contributed by atoms with E-state index in [1.807, 2.05) is 12.1 Å². The number of piperidine rings is 1. The van der Waals surface area contributed by atoms with Gasteiger partial charge >= 0.3 is 0 Å². The highest BCUT2D eigenvalue weighted by Crippen LogP contribution is 2.27. The van der Waals surface area contributed by atoms with Gasteiger partial charge in [0, 0.05) is 45.0 Å². The van der Waals surface area contributed by atoms with Crippen molar-refractivity contribution in [3.05, 3.63) is 41.5 Å². The standard InChI is InChI=1S/C18H24N4O4S/c1-13-18(14(2)26-20-13)27(24,25)21-9-5-7-17(12-21)22(15(3)23)11-16-6-4-8-19-10-16/h4,6,8,10,17H,5,7,9,11-12H2,1-3H3. The summed E-state index contributed by atoms with van der Waals surface area (Å²) in [5.74, 6) is 0.203. The Morgan fingerprint density at radius 2 is 2.19 bits per heavy atom. The summed E-state index contributed by atoms with van der Waals surface area (Å²) in [6.45, 7) is 5.81. The molecular formula is C18H24N4O4S. The summed E-state index contributed by atoms with van der Waals surface area (Å²) >= 11 is 0. The third-order valence-electron chi connectivity index (χ3n) is 4.85. The van der Waals surface area contributed by atoms with Gasteiger partial charge in [-0.15, -0.1) is 0 Å². The van der Waals surface area contributed by atoms with Crippen LogP contribution in [0, 0.1) is 13.8 Å². The molecule has 3 heterocycles. The highest BCUT2D eigenvalue weighted by Gasteiger charge is 2.36. The van der Waals surface area contributed by atoms with Crippen LogP contribution in [-0.4, -0.2) is 52.8 Å². The molecule has 0 saturated carbocycles. The second-order valence-corrected chi connectivity index (χ2v) is 8.70. The van der Waals surface area contributed by atoms with E-state index in [-0.39, 0.29) is 29.1 Å². The van der Waals surface area contributed by atoms with E-state index in [1.54, 1.807) is 31.1 Å². The first-order chi connectivity index (χ1) is 12.8. The molecule has 9 heteroatoms. The molecule has 0 aromatic carbocycles. The van der Waals surface area contributed by atoms with Crippen LogP contribution in [0.5, 0.6) is 0 Å². The van der Waals surface area contributed by atoms with Crippen molar-refractivity contribution < 1.29 is 17.7 Å². The van der Waals surface area contributed by atoms with Crippen LogP contribution >= 0.6 is 0 Å². The van der Waals surface area contributed by atoms with Crippen molar-refractivity contribution in [2.24, 2.45) is 0 Å². The fraction of sp³-hybridized carbons (Fsp3) is 0.500. The fourth-order valence-electron chi connectivity index (χ4n) is 3.55. The SMILES string of the molecule is CC(=O)N(Cc1cccnc1)C1CCCN(S(=O)(=O)c2c(C)noc2C)C1. The lowest BCUT2D eigenvalue weighted by atomic mass is 10.0. The van der Waals surface area contributed by atoms with E-state index in [9.17, 15) is 13.2 Å². The number of carbonyl (C=O) groups excluding carboxylic acids is 1. The molecule has 3 rings (SSSR count). The zero-order valence-electron chi connectivity index (χ0n) is 15.8. The molecular weight excluding hydrogens is 368 g/mol. The number of amides is 1. The first-order valence-corrected chi connectivity index (χ1v) is 10.3. The van der Waals surface area contributed by atoms with E-state index in [0.717, 1.165) is 12.0 Å². The molecule has 0 spiro atoms. The van der Waals surface area contributed by atoms with Crippen LogP contribution < -0.4 is 0 Å². The normalized spacial score (nSPS) is 18.4. The zero-order valence-corrected chi connectivity index (χ0v) is 16.6. The minimum absolute atomic E-state index is 0.0829. The van der Waals surface area contributed by atoms with Crippen molar-refractivity contribution in [2.75, 3.05) is 13.1 Å². The van der Waals surface area contributed by atoms with Gasteiger partial charge in [-0.05, 0) is 38.3 Å². The van der Waals surface area contributed by atoms with E-state index < -0.39 is 10.0 Å². The van der Waals surface area contributed by atoms with Gasteiger partial charge in [0.25, 0.3) is 0 Å². The maximum atomic E-state index is 13.1. The van der Waals surface area contributed by atoms with Gasteiger partial charge in [0.05, 0.1) is 0 Å². The van der Waals surface area contributed by atoms with Gasteiger partial charge in [-0.3, -0.25) is 9.78 Å². The maximum Gasteiger partial charge on any atom is 0.248 e. The summed E-state index contributed by atoms with van der Waals surface area (Å²) in [6, 6.07) is 3.54. The van der Waals surface area contributed by atoms with E-state index in [2.05, 4.69) is 10.1 Å². The topological polar surface area (TPSA) is 96.6 Å². The van der Waals surface area contributed by atoms with Crippen molar-refractivity contribution in [2.45, 2.75) is 51.1 Å². The number of hydrogen-bond acceptors (Lipinski definition) is 6. The van der Waals surface area contributed by atoms with E-state index in [1.165, 1.54) is 11.2 Å². The monoisotopic (exact) mass is 392 g/mol. The molecule has 146 valence electrons. The maximum absolute atomic E-state index is 13.1. The van der Waals surface area contributed by atoms with Gasteiger partial charge in [-0.25, -0.2) is 8.42 Å². The Hall–Kier alpha value is -2.26. The lowest BCUT2D eigenvalue weighted by Gasteiger charge is -2.38. The minimum Gasteiger partial charge on any atom is -0.360 e. The van der Waals surface area contributed by atoms with Gasteiger partial charge in [-0.1, -0.05) is 11.2 Å². The molecule has 1 atom stereocenters. The van der Waals surface area contributed by atoms with Crippen molar-refractivity contribution >= 4 is 15.9 Å². The summed E-state index contributed by atoms with van der Waals surface area (Å²) in [4.78, 5) is 18.2. The number of carbonyl (C=O) groups is 1. The molecule has 2 aromatic rings. The average Bonchev–Trinajstić information content (AvgIpc) is 2.99. The van der Waals surface area contributed by atoms with Crippen LogP contribution in [0.3, 0.4) is 0 Å². The van der Waals surface area contributed by atoms with Crippen LogP contribution in [0.15, 0.2) is 33.9 Å². The molecule has 1 aliphatic heterocycles. The number of nitrogens with zero attached hydrogens (tertiary/aromatic N) is 4. The molecule has 0 N–H and O–H groups in total. The lowest BCUT2D eigenvalue weighted by Crippen LogP contribution is -2.51. The van der Waals surface area contributed by atoms with Gasteiger partial charge in [-0.2, -0.15) is 4.31 Å². The number of aromatic nitrogens is 2. The minimum atomic E-state index is -3.72. The molecule has 1 saturated heterocycles. The number of sulfonamides is 1. The van der Waals surface area contributed by atoms with Crippen LogP contribution in [-0.2, 0) is 21.4 Å².